The molecule has 2 heterocycles. The lowest BCUT2D eigenvalue weighted by molar-refractivity contribution is 0.0801. The molecular weight excluding hydrogens is 433 g/mol. The van der Waals surface area contributed by atoms with Crippen LogP contribution in [0, 0.1) is 18.8 Å². The van der Waals surface area contributed by atoms with E-state index in [9.17, 15) is 4.79 Å². The van der Waals surface area contributed by atoms with Crippen LogP contribution in [0.2, 0.25) is 5.02 Å². The molecule has 7 heteroatoms. The van der Waals surface area contributed by atoms with Gasteiger partial charge in [-0.25, -0.2) is 4.98 Å². The minimum atomic E-state index is -0.738. The van der Waals surface area contributed by atoms with Gasteiger partial charge in [0.15, 0.2) is 5.78 Å². The van der Waals surface area contributed by atoms with Crippen LogP contribution in [0.3, 0.4) is 0 Å². The van der Waals surface area contributed by atoms with Crippen molar-refractivity contribution < 1.29 is 9.53 Å². The Morgan fingerprint density at radius 2 is 2.13 bits per heavy atom. The number of halogens is 2. The molecule has 0 spiro atoms. The number of nitrogens with one attached hydrogen (secondary N) is 2. The van der Waals surface area contributed by atoms with Gasteiger partial charge in [0.1, 0.15) is 11.6 Å². The second kappa shape index (κ2) is 11.2. The predicted octanol–water partition coefficient (Wildman–Crippen LogP) is 5.55. The number of benzene rings is 1. The van der Waals surface area contributed by atoms with Crippen molar-refractivity contribution in [3.63, 3.8) is 0 Å². The molecule has 0 unspecified atom stereocenters. The zero-order valence-corrected chi connectivity index (χ0v) is 20.3. The number of hydrogen-bond acceptors (Lipinski definition) is 5. The number of anilines is 1. The highest BCUT2D eigenvalue weighted by molar-refractivity contribution is 6.31. The van der Waals surface area contributed by atoms with Gasteiger partial charge in [-0.15, -0.1) is 12.4 Å². The summed E-state index contributed by atoms with van der Waals surface area (Å²) in [6.45, 7) is 10.1. The maximum Gasteiger partial charge on any atom is 0.188 e. The lowest BCUT2D eigenvalue weighted by Gasteiger charge is -2.40. The van der Waals surface area contributed by atoms with Crippen molar-refractivity contribution >= 4 is 35.6 Å². The van der Waals surface area contributed by atoms with Crippen LogP contribution in [-0.4, -0.2) is 36.0 Å². The van der Waals surface area contributed by atoms with Crippen LogP contribution in [0.4, 0.5) is 5.82 Å². The van der Waals surface area contributed by atoms with Crippen LogP contribution in [0.1, 0.15) is 49.7 Å². The van der Waals surface area contributed by atoms with Gasteiger partial charge in [-0.3, -0.25) is 4.79 Å². The lowest BCUT2D eigenvalue weighted by Crippen LogP contribution is -2.60. The van der Waals surface area contributed by atoms with Gasteiger partial charge in [-0.1, -0.05) is 38.4 Å². The van der Waals surface area contributed by atoms with E-state index in [1.54, 1.807) is 18.2 Å². The van der Waals surface area contributed by atoms with Crippen molar-refractivity contribution in [2.45, 2.75) is 46.1 Å². The highest BCUT2D eigenvalue weighted by atomic mass is 35.5. The number of carbonyl (C=O) groups is 1. The minimum absolute atomic E-state index is 0. The van der Waals surface area contributed by atoms with E-state index in [-0.39, 0.29) is 18.2 Å². The van der Waals surface area contributed by atoms with E-state index in [4.69, 9.17) is 16.3 Å². The molecule has 1 aromatic carbocycles. The fourth-order valence-electron chi connectivity index (χ4n) is 3.68. The van der Waals surface area contributed by atoms with Gasteiger partial charge in [-0.05, 0) is 68.5 Å². The highest BCUT2D eigenvalue weighted by Gasteiger charge is 2.42. The largest absolute Gasteiger partial charge is 0.493 e. The number of aryl methyl sites for hydroxylation is 1. The normalized spacial score (nSPS) is 20.8. The van der Waals surface area contributed by atoms with Crippen molar-refractivity contribution in [2.75, 3.05) is 25.0 Å². The summed E-state index contributed by atoms with van der Waals surface area (Å²) >= 11 is 6.27. The van der Waals surface area contributed by atoms with E-state index in [1.165, 1.54) is 0 Å². The molecule has 1 saturated heterocycles. The first-order valence-corrected chi connectivity index (χ1v) is 11.1. The van der Waals surface area contributed by atoms with Crippen LogP contribution in [0.5, 0.6) is 5.75 Å². The van der Waals surface area contributed by atoms with Crippen molar-refractivity contribution in [3.8, 4) is 5.75 Å². The third-order valence-corrected chi connectivity index (χ3v) is 5.74. The summed E-state index contributed by atoms with van der Waals surface area (Å²) in [5.41, 5.74) is 0.729. The second-order valence-corrected chi connectivity index (χ2v) is 9.24. The second-order valence-electron chi connectivity index (χ2n) is 8.80. The van der Waals surface area contributed by atoms with E-state index < -0.39 is 5.54 Å². The van der Waals surface area contributed by atoms with Gasteiger partial charge in [-0.2, -0.15) is 0 Å². The number of piperidine rings is 1. The van der Waals surface area contributed by atoms with Crippen molar-refractivity contribution in [1.29, 1.82) is 0 Å². The van der Waals surface area contributed by atoms with Crippen LogP contribution in [-0.2, 0) is 0 Å². The average Bonchev–Trinajstić information content (AvgIpc) is 2.72. The molecule has 0 radical (unpaired) electrons. The van der Waals surface area contributed by atoms with Crippen LogP contribution in [0.15, 0.2) is 36.4 Å². The molecule has 1 aliphatic heterocycles. The van der Waals surface area contributed by atoms with Crippen molar-refractivity contribution in [2.24, 2.45) is 11.8 Å². The van der Waals surface area contributed by atoms with Gasteiger partial charge in [0, 0.05) is 17.3 Å². The Hall–Kier alpha value is -1.82. The first-order valence-electron chi connectivity index (χ1n) is 10.7. The van der Waals surface area contributed by atoms with Crippen LogP contribution in [0.25, 0.3) is 0 Å². The Kier molecular flexibility index (Phi) is 9.16. The predicted molar refractivity (Wildman–Crippen MR) is 130 cm³/mol. The number of nitrogens with zero attached hydrogens (tertiary/aromatic N) is 1. The van der Waals surface area contributed by atoms with Crippen LogP contribution >= 0.6 is 24.0 Å². The van der Waals surface area contributed by atoms with Gasteiger partial charge < -0.3 is 15.4 Å². The smallest absolute Gasteiger partial charge is 0.188 e. The SMILES string of the molecule is Cc1cccc(NC[C@]2(C(=O)c3cc(Cl)ccc3OCC(C)C)CC[C@H](C)CN2)n1.Cl. The number of ether oxygens (including phenoxy) is 1. The standard InChI is InChI=1S/C24H32ClN3O2.ClH/c1-16(2)14-30-21-9-8-19(25)12-20(21)23(29)24(11-10-17(3)13-27-24)15-26-22-7-5-6-18(4)28-22;/h5-9,12,16-17,27H,10-11,13-15H2,1-4H3,(H,26,28);1H/t17-,24-;/m0./s1. The molecule has 1 aromatic heterocycles. The van der Waals surface area contributed by atoms with Gasteiger partial charge in [0.2, 0.25) is 0 Å². The third kappa shape index (κ3) is 6.58. The summed E-state index contributed by atoms with van der Waals surface area (Å²) in [4.78, 5) is 18.4. The number of Topliss-reactive ketones (excluding diaryl/α,β-unsaturated/α-hetero) is 1. The summed E-state index contributed by atoms with van der Waals surface area (Å²) < 4.78 is 5.97. The van der Waals surface area contributed by atoms with Crippen LogP contribution < -0.4 is 15.4 Å². The maximum atomic E-state index is 13.9. The van der Waals surface area contributed by atoms with Crippen molar-refractivity contribution in [3.05, 3.63) is 52.7 Å². The van der Waals surface area contributed by atoms with E-state index in [2.05, 4.69) is 36.4 Å². The van der Waals surface area contributed by atoms with Gasteiger partial charge >= 0.3 is 0 Å². The number of aromatic nitrogens is 1. The molecule has 0 aliphatic carbocycles. The molecule has 2 N–H and O–H groups in total. The van der Waals surface area contributed by atoms with Crippen molar-refractivity contribution in [1.82, 2.24) is 10.3 Å². The zero-order valence-electron chi connectivity index (χ0n) is 18.7. The number of ketones is 1. The molecule has 3 rings (SSSR count). The maximum absolute atomic E-state index is 13.9. The Morgan fingerprint density at radius 1 is 1.35 bits per heavy atom. The number of carbonyl (C=O) groups excluding carboxylic acids is 1. The summed E-state index contributed by atoms with van der Waals surface area (Å²) in [5.74, 6) is 2.26. The molecule has 31 heavy (non-hydrogen) atoms. The fourth-order valence-corrected chi connectivity index (χ4v) is 3.85. The van der Waals surface area contributed by atoms with E-state index >= 15 is 0 Å². The Labute approximate surface area is 196 Å². The molecule has 1 fully saturated rings. The molecule has 1 aliphatic rings. The minimum Gasteiger partial charge on any atom is -0.493 e. The quantitative estimate of drug-likeness (QED) is 0.500. The topological polar surface area (TPSA) is 63.2 Å². The number of rotatable bonds is 8. The Balaban J connectivity index is 0.00000341. The summed E-state index contributed by atoms with van der Waals surface area (Å²) in [7, 11) is 0. The highest BCUT2D eigenvalue weighted by Crippen LogP contribution is 2.32. The lowest BCUT2D eigenvalue weighted by atomic mass is 9.79. The van der Waals surface area contributed by atoms with E-state index in [0.29, 0.717) is 41.3 Å². The monoisotopic (exact) mass is 465 g/mol. The van der Waals surface area contributed by atoms with Gasteiger partial charge in [0.25, 0.3) is 0 Å². The molecule has 0 amide bonds. The fraction of sp³-hybridized carbons (Fsp3) is 0.500. The molecule has 170 valence electrons. The number of pyridine rings is 1. The summed E-state index contributed by atoms with van der Waals surface area (Å²) in [6, 6.07) is 11.1. The summed E-state index contributed by atoms with van der Waals surface area (Å²) in [6.07, 6.45) is 1.71. The first kappa shape index (κ1) is 25.4. The molecular formula is C24H33Cl2N3O2. The molecule has 5 nitrogen and oxygen atoms in total. The summed E-state index contributed by atoms with van der Waals surface area (Å²) in [5, 5.41) is 7.45. The number of hydrogen-bond donors (Lipinski definition) is 2. The zero-order chi connectivity index (χ0) is 21.7. The molecule has 2 atom stereocenters. The molecule has 0 saturated carbocycles. The van der Waals surface area contributed by atoms with Gasteiger partial charge in [0.05, 0.1) is 17.7 Å². The van der Waals surface area contributed by atoms with E-state index in [0.717, 1.165) is 30.9 Å². The Morgan fingerprint density at radius 3 is 2.77 bits per heavy atom. The first-order chi connectivity index (χ1) is 14.3. The third-order valence-electron chi connectivity index (χ3n) is 5.51. The molecule has 2 aromatic rings. The van der Waals surface area contributed by atoms with E-state index in [1.807, 2.05) is 25.1 Å². The Bertz CT molecular complexity index is 881. The molecule has 0 bridgehead atoms. The average molecular weight is 466 g/mol.